The fourth-order valence-corrected chi connectivity index (χ4v) is 1.79. The van der Waals surface area contributed by atoms with Gasteiger partial charge in [-0.15, -0.1) is 0 Å². The minimum Gasteiger partial charge on any atom is -0.381 e. The Morgan fingerprint density at radius 2 is 2.57 bits per heavy atom. The molecular weight excluding hydrogens is 246 g/mol. The molecule has 0 spiro atoms. The monoisotopic (exact) mass is 257 g/mol. The molecule has 0 saturated carbocycles. The van der Waals surface area contributed by atoms with Crippen molar-refractivity contribution in [2.24, 2.45) is 5.92 Å². The van der Waals surface area contributed by atoms with Crippen molar-refractivity contribution >= 4 is 21.7 Å². The second-order valence-corrected chi connectivity index (χ2v) is 4.18. The van der Waals surface area contributed by atoms with Crippen LogP contribution in [0.1, 0.15) is 6.42 Å². The zero-order chi connectivity index (χ0) is 9.80. The number of aromatic nitrogens is 2. The molecule has 76 valence electrons. The molecule has 1 aromatic rings. The highest BCUT2D eigenvalue weighted by atomic mass is 79.9. The van der Waals surface area contributed by atoms with E-state index in [-0.39, 0.29) is 0 Å². The molecule has 14 heavy (non-hydrogen) atoms. The van der Waals surface area contributed by atoms with E-state index in [1.807, 2.05) is 0 Å². The van der Waals surface area contributed by atoms with Crippen molar-refractivity contribution in [1.29, 1.82) is 0 Å². The molecule has 5 heteroatoms. The second kappa shape index (κ2) is 4.70. The number of nitrogens with one attached hydrogen (secondary N) is 1. The van der Waals surface area contributed by atoms with Crippen LogP contribution in [0.25, 0.3) is 0 Å². The van der Waals surface area contributed by atoms with Crippen LogP contribution < -0.4 is 5.32 Å². The van der Waals surface area contributed by atoms with Gasteiger partial charge in [-0.25, -0.2) is 9.97 Å². The third kappa shape index (κ3) is 2.42. The molecular formula is C9H12BrN3O. The molecule has 0 aromatic carbocycles. The average molecular weight is 258 g/mol. The molecule has 0 amide bonds. The van der Waals surface area contributed by atoms with Gasteiger partial charge in [0.2, 0.25) is 0 Å². The van der Waals surface area contributed by atoms with E-state index in [9.17, 15) is 0 Å². The minimum atomic E-state index is 0.608. The van der Waals surface area contributed by atoms with Crippen LogP contribution in [-0.2, 0) is 4.74 Å². The number of nitrogens with zero attached hydrogens (tertiary/aromatic N) is 2. The van der Waals surface area contributed by atoms with Crippen LogP contribution in [0.3, 0.4) is 0 Å². The van der Waals surface area contributed by atoms with Gasteiger partial charge >= 0.3 is 0 Å². The van der Waals surface area contributed by atoms with Gasteiger partial charge in [0.1, 0.15) is 12.1 Å². The molecule has 4 nitrogen and oxygen atoms in total. The fraction of sp³-hybridized carbons (Fsp3) is 0.556. The van der Waals surface area contributed by atoms with Crippen LogP contribution in [0.4, 0.5) is 5.82 Å². The zero-order valence-electron chi connectivity index (χ0n) is 7.74. The largest absolute Gasteiger partial charge is 0.381 e. The summed E-state index contributed by atoms with van der Waals surface area (Å²) in [5.74, 6) is 1.46. The maximum Gasteiger partial charge on any atom is 0.143 e. The third-order valence-electron chi connectivity index (χ3n) is 2.25. The van der Waals surface area contributed by atoms with Crippen LogP contribution >= 0.6 is 15.9 Å². The molecule has 1 aliphatic heterocycles. The van der Waals surface area contributed by atoms with Gasteiger partial charge in [-0.1, -0.05) is 0 Å². The van der Waals surface area contributed by atoms with E-state index in [1.165, 1.54) is 6.33 Å². The highest BCUT2D eigenvalue weighted by Gasteiger charge is 2.15. The summed E-state index contributed by atoms with van der Waals surface area (Å²) in [7, 11) is 0. The predicted octanol–water partition coefficient (Wildman–Crippen LogP) is 1.69. The lowest BCUT2D eigenvalue weighted by Crippen LogP contribution is -2.15. The highest BCUT2D eigenvalue weighted by molar-refractivity contribution is 9.10. The van der Waals surface area contributed by atoms with Crippen molar-refractivity contribution < 1.29 is 4.74 Å². The minimum absolute atomic E-state index is 0.608. The summed E-state index contributed by atoms with van der Waals surface area (Å²) in [6, 6.07) is 0. The second-order valence-electron chi connectivity index (χ2n) is 3.33. The molecule has 1 fully saturated rings. The lowest BCUT2D eigenvalue weighted by molar-refractivity contribution is 0.187. The summed E-state index contributed by atoms with van der Waals surface area (Å²) in [5, 5.41) is 3.28. The van der Waals surface area contributed by atoms with E-state index in [0.717, 1.165) is 36.5 Å². The first-order valence-corrected chi connectivity index (χ1v) is 5.42. The maximum absolute atomic E-state index is 5.29. The van der Waals surface area contributed by atoms with E-state index < -0.39 is 0 Å². The molecule has 1 atom stereocenters. The van der Waals surface area contributed by atoms with Crippen molar-refractivity contribution in [2.45, 2.75) is 6.42 Å². The predicted molar refractivity (Wildman–Crippen MR) is 57.1 cm³/mol. The Bertz CT molecular complexity index is 302. The standard InChI is InChI=1S/C9H12BrN3O/c10-8-4-11-6-13-9(8)12-3-7-1-2-14-5-7/h4,6-7H,1-3,5H2,(H,11,12,13). The fourth-order valence-electron chi connectivity index (χ4n) is 1.43. The van der Waals surface area contributed by atoms with Crippen LogP contribution in [0.15, 0.2) is 17.0 Å². The number of anilines is 1. The zero-order valence-corrected chi connectivity index (χ0v) is 9.33. The van der Waals surface area contributed by atoms with Crippen molar-refractivity contribution in [1.82, 2.24) is 9.97 Å². The lowest BCUT2D eigenvalue weighted by atomic mass is 10.1. The summed E-state index contributed by atoms with van der Waals surface area (Å²) in [5.41, 5.74) is 0. The number of hydrogen-bond acceptors (Lipinski definition) is 4. The van der Waals surface area contributed by atoms with Gasteiger partial charge in [0.15, 0.2) is 0 Å². The highest BCUT2D eigenvalue weighted by Crippen LogP contribution is 2.19. The Kier molecular flexibility index (Phi) is 3.31. The molecule has 1 aliphatic rings. The van der Waals surface area contributed by atoms with Crippen molar-refractivity contribution in [3.8, 4) is 0 Å². The van der Waals surface area contributed by atoms with E-state index in [4.69, 9.17) is 4.74 Å². The van der Waals surface area contributed by atoms with E-state index in [1.54, 1.807) is 6.20 Å². The summed E-state index contributed by atoms with van der Waals surface area (Å²) >= 11 is 3.39. The maximum atomic E-state index is 5.29. The molecule has 0 radical (unpaired) electrons. The number of rotatable bonds is 3. The Morgan fingerprint density at radius 1 is 1.64 bits per heavy atom. The molecule has 0 bridgehead atoms. The first-order chi connectivity index (χ1) is 6.86. The normalized spacial score (nSPS) is 21.1. The summed E-state index contributed by atoms with van der Waals surface area (Å²) in [4.78, 5) is 8.03. The quantitative estimate of drug-likeness (QED) is 0.896. The van der Waals surface area contributed by atoms with Gasteiger partial charge in [-0.2, -0.15) is 0 Å². The molecule has 1 unspecified atom stereocenters. The van der Waals surface area contributed by atoms with Gasteiger partial charge in [-0.05, 0) is 22.4 Å². The van der Waals surface area contributed by atoms with Gasteiger partial charge in [-0.3, -0.25) is 0 Å². The topological polar surface area (TPSA) is 47.0 Å². The number of halogens is 1. The first-order valence-electron chi connectivity index (χ1n) is 4.63. The van der Waals surface area contributed by atoms with Crippen LogP contribution in [0, 0.1) is 5.92 Å². The van der Waals surface area contributed by atoms with E-state index >= 15 is 0 Å². The first kappa shape index (κ1) is 9.86. The summed E-state index contributed by atoms with van der Waals surface area (Å²) in [6.07, 6.45) is 4.41. The molecule has 1 aromatic heterocycles. The summed E-state index contributed by atoms with van der Waals surface area (Å²) in [6.45, 7) is 2.66. The number of hydrogen-bond donors (Lipinski definition) is 1. The van der Waals surface area contributed by atoms with Crippen molar-refractivity contribution in [3.63, 3.8) is 0 Å². The van der Waals surface area contributed by atoms with Crippen LogP contribution in [0.2, 0.25) is 0 Å². The molecule has 1 N–H and O–H groups in total. The SMILES string of the molecule is Brc1cncnc1NCC1CCOC1. The molecule has 1 saturated heterocycles. The molecule has 0 aliphatic carbocycles. The van der Waals surface area contributed by atoms with Gasteiger partial charge in [0, 0.05) is 25.3 Å². The van der Waals surface area contributed by atoms with E-state index in [0.29, 0.717) is 5.92 Å². The Labute approximate surface area is 91.2 Å². The Balaban J connectivity index is 1.88. The third-order valence-corrected chi connectivity index (χ3v) is 2.83. The van der Waals surface area contributed by atoms with Gasteiger partial charge in [0.25, 0.3) is 0 Å². The molecule has 2 heterocycles. The smallest absolute Gasteiger partial charge is 0.143 e. The Hall–Kier alpha value is -0.680. The molecule has 2 rings (SSSR count). The van der Waals surface area contributed by atoms with Gasteiger partial charge in [0.05, 0.1) is 11.1 Å². The van der Waals surface area contributed by atoms with Crippen LogP contribution in [0.5, 0.6) is 0 Å². The van der Waals surface area contributed by atoms with Gasteiger partial charge < -0.3 is 10.1 Å². The number of ether oxygens (including phenoxy) is 1. The Morgan fingerprint density at radius 3 is 3.29 bits per heavy atom. The summed E-state index contributed by atoms with van der Waals surface area (Å²) < 4.78 is 6.19. The van der Waals surface area contributed by atoms with Crippen LogP contribution in [-0.4, -0.2) is 29.7 Å². The van der Waals surface area contributed by atoms with E-state index in [2.05, 4.69) is 31.2 Å². The van der Waals surface area contributed by atoms with Crippen molar-refractivity contribution in [2.75, 3.05) is 25.1 Å². The van der Waals surface area contributed by atoms with Crippen molar-refractivity contribution in [3.05, 3.63) is 17.0 Å². The lowest BCUT2D eigenvalue weighted by Gasteiger charge is -2.10. The average Bonchev–Trinajstić information content (AvgIpc) is 2.69.